The van der Waals surface area contributed by atoms with Crippen molar-refractivity contribution >= 4 is 23.2 Å². The number of amides is 2. The zero-order chi connectivity index (χ0) is 17.1. The largest absolute Gasteiger partial charge is 0.299 e. The molecule has 0 aliphatic carbocycles. The smallest absolute Gasteiger partial charge is 0.261 e. The molecule has 2 heterocycles. The van der Waals surface area contributed by atoms with Crippen LogP contribution in [-0.2, 0) is 0 Å². The monoisotopic (exact) mass is 342 g/mol. The molecule has 4 nitrogen and oxygen atoms in total. The van der Waals surface area contributed by atoms with Gasteiger partial charge in [0.05, 0.1) is 11.1 Å². The fourth-order valence-corrected chi connectivity index (χ4v) is 3.86. The third-order valence-electron chi connectivity index (χ3n) is 4.64. The van der Waals surface area contributed by atoms with E-state index in [2.05, 4.69) is 36.4 Å². The Hall–Kier alpha value is -1.98. The number of hydrogen-bond acceptors (Lipinski definition) is 4. The normalized spacial score (nSPS) is 15.2. The summed E-state index contributed by atoms with van der Waals surface area (Å²) in [6.45, 7) is 3.64. The highest BCUT2D eigenvalue weighted by Gasteiger charge is 2.34. The van der Waals surface area contributed by atoms with Crippen molar-refractivity contribution in [3.05, 3.63) is 57.8 Å². The minimum absolute atomic E-state index is 0.157. The van der Waals surface area contributed by atoms with Crippen LogP contribution in [0.25, 0.3) is 0 Å². The summed E-state index contributed by atoms with van der Waals surface area (Å²) in [6, 6.07) is 11.7. The van der Waals surface area contributed by atoms with Gasteiger partial charge in [-0.2, -0.15) is 0 Å². The molecule has 1 aliphatic rings. The molecule has 1 aromatic carbocycles. The van der Waals surface area contributed by atoms with E-state index in [1.165, 1.54) is 9.78 Å². The van der Waals surface area contributed by atoms with E-state index in [1.807, 2.05) is 0 Å². The lowest BCUT2D eigenvalue weighted by atomic mass is 10.1. The van der Waals surface area contributed by atoms with Crippen molar-refractivity contribution < 1.29 is 9.59 Å². The summed E-state index contributed by atoms with van der Waals surface area (Å²) < 4.78 is 0. The number of benzene rings is 1. The topological polar surface area (TPSA) is 40.6 Å². The standard InChI is InChI=1S/C19H22N2O2S/c1-14(17-10-7-13-24-17)20(2)11-5-6-12-21-18(22)15-8-3-4-9-16(15)19(21)23/h3-4,7-10,13-14H,5-6,11-12H2,1-2H3. The molecule has 1 aromatic heterocycles. The van der Waals surface area contributed by atoms with E-state index in [0.29, 0.717) is 23.7 Å². The van der Waals surface area contributed by atoms with Crippen molar-refractivity contribution in [3.63, 3.8) is 0 Å². The van der Waals surface area contributed by atoms with Crippen LogP contribution in [0.5, 0.6) is 0 Å². The van der Waals surface area contributed by atoms with Crippen LogP contribution in [0.15, 0.2) is 41.8 Å². The Labute approximate surface area is 146 Å². The number of unbranched alkanes of at least 4 members (excludes halogenated alkanes) is 1. The first-order valence-electron chi connectivity index (χ1n) is 8.28. The van der Waals surface area contributed by atoms with Crippen LogP contribution in [0, 0.1) is 0 Å². The van der Waals surface area contributed by atoms with Gasteiger partial charge in [0, 0.05) is 17.5 Å². The quantitative estimate of drug-likeness (QED) is 0.567. The van der Waals surface area contributed by atoms with E-state index in [-0.39, 0.29) is 11.8 Å². The summed E-state index contributed by atoms with van der Waals surface area (Å²) in [5, 5.41) is 2.10. The third kappa shape index (κ3) is 3.28. The van der Waals surface area contributed by atoms with E-state index in [0.717, 1.165) is 19.4 Å². The average molecular weight is 342 g/mol. The minimum Gasteiger partial charge on any atom is -0.299 e. The first-order valence-corrected chi connectivity index (χ1v) is 9.16. The Morgan fingerprint density at radius 2 is 1.71 bits per heavy atom. The summed E-state index contributed by atoms with van der Waals surface area (Å²) in [6.07, 6.45) is 1.78. The first-order chi connectivity index (χ1) is 11.6. The Kier molecular flexibility index (Phi) is 5.11. The zero-order valence-corrected chi connectivity index (χ0v) is 14.9. The highest BCUT2D eigenvalue weighted by atomic mass is 32.1. The minimum atomic E-state index is -0.157. The van der Waals surface area contributed by atoms with E-state index in [1.54, 1.807) is 35.6 Å². The molecule has 0 saturated heterocycles. The fourth-order valence-electron chi connectivity index (χ4n) is 3.01. The van der Waals surface area contributed by atoms with Gasteiger partial charge < -0.3 is 0 Å². The molecule has 3 rings (SSSR count). The molecular weight excluding hydrogens is 320 g/mol. The van der Waals surface area contributed by atoms with Gasteiger partial charge in [-0.05, 0) is 56.9 Å². The van der Waals surface area contributed by atoms with Crippen LogP contribution in [0.4, 0.5) is 0 Å². The van der Waals surface area contributed by atoms with Crippen LogP contribution in [0.2, 0.25) is 0 Å². The summed E-state index contributed by atoms with van der Waals surface area (Å²) in [5.41, 5.74) is 1.07. The molecule has 24 heavy (non-hydrogen) atoms. The number of imide groups is 1. The van der Waals surface area contributed by atoms with Gasteiger partial charge in [-0.15, -0.1) is 11.3 Å². The second-order valence-corrected chi connectivity index (χ2v) is 7.17. The number of fused-ring (bicyclic) bond motifs is 1. The SMILES string of the molecule is CC(c1cccs1)N(C)CCCCN1C(=O)c2ccccc2C1=O. The Morgan fingerprint density at radius 3 is 2.29 bits per heavy atom. The molecule has 0 saturated carbocycles. The molecule has 0 spiro atoms. The molecule has 1 aliphatic heterocycles. The van der Waals surface area contributed by atoms with Gasteiger partial charge in [-0.1, -0.05) is 18.2 Å². The third-order valence-corrected chi connectivity index (χ3v) is 5.68. The second-order valence-electron chi connectivity index (χ2n) is 6.19. The van der Waals surface area contributed by atoms with Crippen molar-refractivity contribution in [2.75, 3.05) is 20.1 Å². The number of thiophene rings is 1. The van der Waals surface area contributed by atoms with Gasteiger partial charge in [0.15, 0.2) is 0 Å². The van der Waals surface area contributed by atoms with Crippen molar-refractivity contribution in [1.29, 1.82) is 0 Å². The highest BCUT2D eigenvalue weighted by molar-refractivity contribution is 7.10. The maximum absolute atomic E-state index is 12.3. The van der Waals surface area contributed by atoms with Crippen molar-refractivity contribution in [2.24, 2.45) is 0 Å². The molecule has 1 atom stereocenters. The average Bonchev–Trinajstić information content (AvgIpc) is 3.21. The Balaban J connectivity index is 1.48. The van der Waals surface area contributed by atoms with E-state index in [9.17, 15) is 9.59 Å². The van der Waals surface area contributed by atoms with Crippen molar-refractivity contribution in [1.82, 2.24) is 9.80 Å². The van der Waals surface area contributed by atoms with Crippen LogP contribution < -0.4 is 0 Å². The van der Waals surface area contributed by atoms with Crippen LogP contribution in [0.1, 0.15) is 51.4 Å². The van der Waals surface area contributed by atoms with E-state index >= 15 is 0 Å². The van der Waals surface area contributed by atoms with E-state index < -0.39 is 0 Å². The van der Waals surface area contributed by atoms with Crippen LogP contribution >= 0.6 is 11.3 Å². The van der Waals surface area contributed by atoms with E-state index in [4.69, 9.17) is 0 Å². The molecule has 0 radical (unpaired) electrons. The van der Waals surface area contributed by atoms with Crippen molar-refractivity contribution in [2.45, 2.75) is 25.8 Å². The fraction of sp³-hybridized carbons (Fsp3) is 0.368. The van der Waals surface area contributed by atoms with Gasteiger partial charge in [0.25, 0.3) is 11.8 Å². The van der Waals surface area contributed by atoms with Crippen LogP contribution in [0.3, 0.4) is 0 Å². The Bertz CT molecular complexity index is 692. The number of carbonyl (C=O) groups excluding carboxylic acids is 2. The first kappa shape index (κ1) is 16.9. The summed E-state index contributed by atoms with van der Waals surface area (Å²) >= 11 is 1.77. The zero-order valence-electron chi connectivity index (χ0n) is 14.1. The maximum atomic E-state index is 12.3. The molecule has 126 valence electrons. The summed E-state index contributed by atoms with van der Waals surface area (Å²) in [7, 11) is 2.12. The molecule has 2 aromatic rings. The molecule has 0 fully saturated rings. The van der Waals surface area contributed by atoms with Gasteiger partial charge in [-0.3, -0.25) is 19.4 Å². The van der Waals surface area contributed by atoms with Gasteiger partial charge >= 0.3 is 0 Å². The second kappa shape index (κ2) is 7.28. The predicted molar refractivity (Wildman–Crippen MR) is 96.4 cm³/mol. The maximum Gasteiger partial charge on any atom is 0.261 e. The lowest BCUT2D eigenvalue weighted by Gasteiger charge is -2.24. The molecule has 2 amide bonds. The predicted octanol–water partition coefficient (Wildman–Crippen LogP) is 3.82. The molecule has 0 bridgehead atoms. The lowest BCUT2D eigenvalue weighted by molar-refractivity contribution is 0.0650. The lowest BCUT2D eigenvalue weighted by Crippen LogP contribution is -2.31. The molecule has 0 N–H and O–H groups in total. The van der Waals surface area contributed by atoms with Gasteiger partial charge in [0.2, 0.25) is 0 Å². The van der Waals surface area contributed by atoms with Crippen molar-refractivity contribution in [3.8, 4) is 0 Å². The highest BCUT2D eigenvalue weighted by Crippen LogP contribution is 2.24. The number of rotatable bonds is 7. The molecule has 5 heteroatoms. The van der Waals surface area contributed by atoms with Gasteiger partial charge in [0.1, 0.15) is 0 Å². The number of hydrogen-bond donors (Lipinski definition) is 0. The molecular formula is C19H22N2O2S. The Morgan fingerprint density at radius 1 is 1.04 bits per heavy atom. The summed E-state index contributed by atoms with van der Waals surface area (Å²) in [4.78, 5) is 29.6. The van der Waals surface area contributed by atoms with Gasteiger partial charge in [-0.25, -0.2) is 0 Å². The summed E-state index contributed by atoms with van der Waals surface area (Å²) in [5.74, 6) is -0.313. The number of carbonyl (C=O) groups is 2. The molecule has 1 unspecified atom stereocenters. The van der Waals surface area contributed by atoms with Crippen LogP contribution in [-0.4, -0.2) is 41.8 Å². The number of nitrogens with zero attached hydrogens (tertiary/aromatic N) is 2.